The number of rotatable bonds is 9. The zero-order valence-electron chi connectivity index (χ0n) is 10.2. The molecule has 0 atom stereocenters. The van der Waals surface area contributed by atoms with Gasteiger partial charge in [0, 0.05) is 20.3 Å². The Labute approximate surface area is 102 Å². The normalized spacial score (nSPS) is 10.7. The molecule has 0 amide bonds. The molecule has 0 radical (unpaired) electrons. The Morgan fingerprint density at radius 1 is 1.12 bits per heavy atom. The van der Waals surface area contributed by atoms with Crippen LogP contribution in [-0.4, -0.2) is 33.5 Å². The van der Waals surface area contributed by atoms with E-state index in [1.807, 2.05) is 0 Å². The van der Waals surface area contributed by atoms with Crippen LogP contribution in [0.3, 0.4) is 0 Å². The number of nitrogens with one attached hydrogen (secondary N) is 1. The van der Waals surface area contributed by atoms with Crippen LogP contribution in [0.5, 0.6) is 0 Å². The van der Waals surface area contributed by atoms with Gasteiger partial charge in [-0.1, -0.05) is 12.1 Å². The van der Waals surface area contributed by atoms with Crippen molar-refractivity contribution in [2.45, 2.75) is 13.0 Å². The molecule has 0 unspecified atom stereocenters. The van der Waals surface area contributed by atoms with E-state index >= 15 is 0 Å². The van der Waals surface area contributed by atoms with E-state index in [2.05, 4.69) is 5.32 Å². The highest BCUT2D eigenvalue weighted by Gasteiger charge is 1.94. The third-order valence-electron chi connectivity index (χ3n) is 2.32. The van der Waals surface area contributed by atoms with Crippen molar-refractivity contribution in [3.05, 3.63) is 35.6 Å². The highest BCUT2D eigenvalue weighted by Crippen LogP contribution is 2.01. The quantitative estimate of drug-likeness (QED) is 0.670. The fraction of sp³-hybridized carbons (Fsp3) is 0.538. The van der Waals surface area contributed by atoms with Crippen molar-refractivity contribution in [2.75, 3.05) is 33.5 Å². The first-order chi connectivity index (χ1) is 8.33. The van der Waals surface area contributed by atoms with Crippen molar-refractivity contribution in [3.63, 3.8) is 0 Å². The molecule has 0 saturated carbocycles. The summed E-state index contributed by atoms with van der Waals surface area (Å²) >= 11 is 0. The molecule has 0 aromatic heterocycles. The average Bonchev–Trinajstić information content (AvgIpc) is 2.35. The van der Waals surface area contributed by atoms with Gasteiger partial charge < -0.3 is 14.8 Å². The number of benzene rings is 1. The highest BCUT2D eigenvalue weighted by atomic mass is 19.1. The summed E-state index contributed by atoms with van der Waals surface area (Å²) in [5.41, 5.74) is 1.09. The highest BCUT2D eigenvalue weighted by molar-refractivity contribution is 5.15. The first-order valence-electron chi connectivity index (χ1n) is 5.85. The smallest absolute Gasteiger partial charge is 0.123 e. The van der Waals surface area contributed by atoms with Gasteiger partial charge in [-0.15, -0.1) is 0 Å². The lowest BCUT2D eigenvalue weighted by molar-refractivity contribution is 0.0695. The SMILES string of the molecule is COCCOCCCNCc1ccc(F)cc1. The van der Waals surface area contributed by atoms with Gasteiger partial charge in [-0.3, -0.25) is 0 Å². The molecule has 17 heavy (non-hydrogen) atoms. The van der Waals surface area contributed by atoms with Crippen molar-refractivity contribution in [3.8, 4) is 0 Å². The van der Waals surface area contributed by atoms with Gasteiger partial charge >= 0.3 is 0 Å². The average molecular weight is 241 g/mol. The van der Waals surface area contributed by atoms with Crippen LogP contribution in [0.15, 0.2) is 24.3 Å². The lowest BCUT2D eigenvalue weighted by Crippen LogP contribution is -2.16. The maximum absolute atomic E-state index is 12.6. The standard InChI is InChI=1S/C13H20FNO2/c1-16-9-10-17-8-2-7-15-11-12-3-5-13(14)6-4-12/h3-6,15H,2,7-11H2,1H3. The first-order valence-corrected chi connectivity index (χ1v) is 5.85. The van der Waals surface area contributed by atoms with Crippen LogP contribution in [0.2, 0.25) is 0 Å². The van der Waals surface area contributed by atoms with Crippen LogP contribution in [-0.2, 0) is 16.0 Å². The second-order valence-corrected chi connectivity index (χ2v) is 3.76. The summed E-state index contributed by atoms with van der Waals surface area (Å²) in [5, 5.41) is 3.28. The molecular weight excluding hydrogens is 221 g/mol. The van der Waals surface area contributed by atoms with Gasteiger partial charge in [0.1, 0.15) is 5.82 Å². The summed E-state index contributed by atoms with van der Waals surface area (Å²) < 4.78 is 22.8. The van der Waals surface area contributed by atoms with Gasteiger partial charge in [0.2, 0.25) is 0 Å². The Bertz CT molecular complexity index is 290. The van der Waals surface area contributed by atoms with Gasteiger partial charge in [0.25, 0.3) is 0 Å². The van der Waals surface area contributed by atoms with E-state index in [0.717, 1.165) is 31.7 Å². The van der Waals surface area contributed by atoms with E-state index in [9.17, 15) is 4.39 Å². The fourth-order valence-electron chi connectivity index (χ4n) is 1.38. The summed E-state index contributed by atoms with van der Waals surface area (Å²) in [6.07, 6.45) is 0.963. The molecule has 0 bridgehead atoms. The van der Waals surface area contributed by atoms with Gasteiger partial charge in [-0.25, -0.2) is 4.39 Å². The van der Waals surface area contributed by atoms with Gasteiger partial charge in [-0.05, 0) is 30.7 Å². The third-order valence-corrected chi connectivity index (χ3v) is 2.32. The zero-order chi connectivity index (χ0) is 12.3. The Hall–Kier alpha value is -0.970. The van der Waals surface area contributed by atoms with Gasteiger partial charge in [0.05, 0.1) is 13.2 Å². The van der Waals surface area contributed by atoms with Crippen molar-refractivity contribution in [2.24, 2.45) is 0 Å². The molecular formula is C13H20FNO2. The summed E-state index contributed by atoms with van der Waals surface area (Å²) in [6, 6.07) is 6.53. The molecule has 0 heterocycles. The van der Waals surface area contributed by atoms with E-state index in [1.165, 1.54) is 12.1 Å². The number of hydrogen-bond donors (Lipinski definition) is 1. The minimum Gasteiger partial charge on any atom is -0.382 e. The molecule has 1 aromatic rings. The number of halogens is 1. The molecule has 0 aliphatic carbocycles. The summed E-state index contributed by atoms with van der Waals surface area (Å²) in [6.45, 7) is 3.68. The molecule has 1 N–H and O–H groups in total. The van der Waals surface area contributed by atoms with Crippen LogP contribution >= 0.6 is 0 Å². The third kappa shape index (κ3) is 7.05. The maximum Gasteiger partial charge on any atom is 0.123 e. The fourth-order valence-corrected chi connectivity index (χ4v) is 1.38. The summed E-state index contributed by atoms with van der Waals surface area (Å²) in [4.78, 5) is 0. The molecule has 0 fully saturated rings. The molecule has 1 rings (SSSR count). The lowest BCUT2D eigenvalue weighted by Gasteiger charge is -2.06. The van der Waals surface area contributed by atoms with Crippen molar-refractivity contribution >= 4 is 0 Å². The van der Waals surface area contributed by atoms with Crippen LogP contribution < -0.4 is 5.32 Å². The summed E-state index contributed by atoms with van der Waals surface area (Å²) in [7, 11) is 1.66. The van der Waals surface area contributed by atoms with Crippen LogP contribution in [0, 0.1) is 5.82 Å². The Morgan fingerprint density at radius 2 is 1.88 bits per heavy atom. The maximum atomic E-state index is 12.6. The first kappa shape index (κ1) is 14.1. The van der Waals surface area contributed by atoms with Crippen molar-refractivity contribution < 1.29 is 13.9 Å². The summed E-state index contributed by atoms with van der Waals surface area (Å²) in [5.74, 6) is -0.194. The van der Waals surface area contributed by atoms with E-state index in [1.54, 1.807) is 19.2 Å². The Morgan fingerprint density at radius 3 is 2.59 bits per heavy atom. The Balaban J connectivity index is 1.95. The minimum atomic E-state index is -0.194. The predicted molar refractivity (Wildman–Crippen MR) is 65.4 cm³/mol. The van der Waals surface area contributed by atoms with E-state index < -0.39 is 0 Å². The molecule has 0 aliphatic heterocycles. The second kappa shape index (κ2) is 9.10. The number of methoxy groups -OCH3 is 1. The molecule has 4 heteroatoms. The number of hydrogen-bond acceptors (Lipinski definition) is 3. The van der Waals surface area contributed by atoms with Gasteiger partial charge in [0.15, 0.2) is 0 Å². The van der Waals surface area contributed by atoms with Crippen molar-refractivity contribution in [1.29, 1.82) is 0 Å². The van der Waals surface area contributed by atoms with E-state index in [-0.39, 0.29) is 5.82 Å². The minimum absolute atomic E-state index is 0.194. The molecule has 96 valence electrons. The van der Waals surface area contributed by atoms with Crippen LogP contribution in [0.1, 0.15) is 12.0 Å². The molecule has 0 aliphatic rings. The molecule has 1 aromatic carbocycles. The monoisotopic (exact) mass is 241 g/mol. The largest absolute Gasteiger partial charge is 0.382 e. The van der Waals surface area contributed by atoms with Gasteiger partial charge in [-0.2, -0.15) is 0 Å². The molecule has 0 spiro atoms. The number of ether oxygens (including phenoxy) is 2. The van der Waals surface area contributed by atoms with E-state index in [0.29, 0.717) is 13.2 Å². The molecule has 3 nitrogen and oxygen atoms in total. The van der Waals surface area contributed by atoms with Crippen LogP contribution in [0.25, 0.3) is 0 Å². The molecule has 0 saturated heterocycles. The zero-order valence-corrected chi connectivity index (χ0v) is 10.2. The topological polar surface area (TPSA) is 30.5 Å². The van der Waals surface area contributed by atoms with E-state index in [4.69, 9.17) is 9.47 Å². The Kier molecular flexibility index (Phi) is 7.54. The second-order valence-electron chi connectivity index (χ2n) is 3.76. The lowest BCUT2D eigenvalue weighted by atomic mass is 10.2. The van der Waals surface area contributed by atoms with Crippen LogP contribution in [0.4, 0.5) is 4.39 Å². The predicted octanol–water partition coefficient (Wildman–Crippen LogP) is 1.97. The van der Waals surface area contributed by atoms with Crippen molar-refractivity contribution in [1.82, 2.24) is 5.32 Å².